The second kappa shape index (κ2) is 7.94. The molecule has 0 radical (unpaired) electrons. The summed E-state index contributed by atoms with van der Waals surface area (Å²) < 4.78 is 0. The minimum Gasteiger partial charge on any atom is -0.320 e. The molecule has 4 heteroatoms. The van der Waals surface area contributed by atoms with Gasteiger partial charge in [0.05, 0.1) is 13.7 Å². The summed E-state index contributed by atoms with van der Waals surface area (Å²) in [6.45, 7) is 1.76. The molecule has 68 valence electrons. The minimum atomic E-state index is 0.714. The smallest absolute Gasteiger partial charge is 0.0712 e. The van der Waals surface area contributed by atoms with Crippen molar-refractivity contribution in [1.82, 2.24) is 10.5 Å². The van der Waals surface area contributed by atoms with Crippen LogP contribution in [0.4, 0.5) is 0 Å². The van der Waals surface area contributed by atoms with Crippen LogP contribution in [0.15, 0.2) is 0 Å². The van der Waals surface area contributed by atoms with E-state index in [4.69, 9.17) is 9.68 Å². The van der Waals surface area contributed by atoms with E-state index in [1.54, 1.807) is 14.2 Å². The Morgan fingerprint density at radius 1 is 1.36 bits per heavy atom. The highest BCUT2D eigenvalue weighted by Gasteiger charge is 1.93. The van der Waals surface area contributed by atoms with Crippen LogP contribution in [0.2, 0.25) is 0 Å². The molecule has 0 rings (SSSR count). The number of hydroxylamine groups is 2. The molecule has 0 heterocycles. The maximum Gasteiger partial charge on any atom is 0.0712 e. The second-order valence-corrected chi connectivity index (χ2v) is 2.27. The molecule has 0 saturated heterocycles. The van der Waals surface area contributed by atoms with Gasteiger partial charge >= 0.3 is 0 Å². The van der Waals surface area contributed by atoms with E-state index in [2.05, 4.69) is 5.32 Å². The Balaban J connectivity index is 2.89. The third kappa shape index (κ3) is 7.74. The van der Waals surface area contributed by atoms with Gasteiger partial charge in [0.2, 0.25) is 0 Å². The molecule has 1 N–H and O–H groups in total. The topological polar surface area (TPSA) is 33.7 Å². The van der Waals surface area contributed by atoms with E-state index in [-0.39, 0.29) is 0 Å². The SMILES string of the molecule is CNCCCCON(C)OC. The average molecular weight is 162 g/mol. The summed E-state index contributed by atoms with van der Waals surface area (Å²) in [6, 6.07) is 0. The molecule has 0 saturated carbocycles. The zero-order valence-electron chi connectivity index (χ0n) is 7.59. The monoisotopic (exact) mass is 162 g/mol. The summed E-state index contributed by atoms with van der Waals surface area (Å²) in [4.78, 5) is 9.87. The predicted octanol–water partition coefficient (Wildman–Crippen LogP) is 0.411. The maximum absolute atomic E-state index is 5.12. The minimum absolute atomic E-state index is 0.714. The fourth-order valence-corrected chi connectivity index (χ4v) is 0.650. The van der Waals surface area contributed by atoms with E-state index >= 15 is 0 Å². The van der Waals surface area contributed by atoms with Gasteiger partial charge in [0, 0.05) is 7.05 Å². The number of nitrogens with zero attached hydrogens (tertiary/aromatic N) is 1. The Bertz CT molecular complexity index is 80.8. The van der Waals surface area contributed by atoms with Gasteiger partial charge in [-0.05, 0) is 26.4 Å². The first-order valence-electron chi connectivity index (χ1n) is 3.86. The summed E-state index contributed by atoms with van der Waals surface area (Å²) in [7, 11) is 5.26. The molecular weight excluding hydrogens is 144 g/mol. The molecule has 0 aromatic heterocycles. The summed E-state index contributed by atoms with van der Waals surface area (Å²) >= 11 is 0. The lowest BCUT2D eigenvalue weighted by Gasteiger charge is -2.12. The van der Waals surface area contributed by atoms with Crippen molar-refractivity contribution >= 4 is 0 Å². The third-order valence-electron chi connectivity index (χ3n) is 1.35. The number of unbranched alkanes of at least 4 members (excludes halogenated alkanes) is 1. The lowest BCUT2D eigenvalue weighted by Crippen LogP contribution is -2.18. The molecule has 11 heavy (non-hydrogen) atoms. The molecule has 0 aromatic rings. The van der Waals surface area contributed by atoms with Gasteiger partial charge in [-0.15, -0.1) is 0 Å². The highest BCUT2D eigenvalue weighted by molar-refractivity contribution is 4.40. The Kier molecular flexibility index (Phi) is 7.83. The van der Waals surface area contributed by atoms with Crippen LogP contribution in [-0.2, 0) is 9.68 Å². The first-order chi connectivity index (χ1) is 5.31. The Hall–Kier alpha value is -0.160. The average Bonchev–Trinajstić information content (AvgIpc) is 2.04. The molecule has 0 aliphatic carbocycles. The second-order valence-electron chi connectivity index (χ2n) is 2.27. The van der Waals surface area contributed by atoms with Crippen molar-refractivity contribution in [3.8, 4) is 0 Å². The molecule has 0 aromatic carbocycles. The lowest BCUT2D eigenvalue weighted by molar-refractivity contribution is -0.340. The first-order valence-corrected chi connectivity index (χ1v) is 3.86. The Morgan fingerprint density at radius 2 is 2.09 bits per heavy atom. The highest BCUT2D eigenvalue weighted by atomic mass is 16.9. The molecule has 0 bridgehead atoms. The van der Waals surface area contributed by atoms with Gasteiger partial charge < -0.3 is 5.32 Å². The van der Waals surface area contributed by atoms with E-state index in [0.717, 1.165) is 19.4 Å². The van der Waals surface area contributed by atoms with Crippen molar-refractivity contribution < 1.29 is 9.68 Å². The maximum atomic E-state index is 5.12. The van der Waals surface area contributed by atoms with Gasteiger partial charge in [-0.1, -0.05) is 5.23 Å². The van der Waals surface area contributed by atoms with Gasteiger partial charge in [0.15, 0.2) is 0 Å². The van der Waals surface area contributed by atoms with Gasteiger partial charge in [0.1, 0.15) is 0 Å². The van der Waals surface area contributed by atoms with Crippen molar-refractivity contribution in [3.63, 3.8) is 0 Å². The van der Waals surface area contributed by atoms with Crippen molar-refractivity contribution in [2.24, 2.45) is 0 Å². The van der Waals surface area contributed by atoms with Crippen molar-refractivity contribution in [2.45, 2.75) is 12.8 Å². The predicted molar refractivity (Wildman–Crippen MR) is 43.9 cm³/mol. The van der Waals surface area contributed by atoms with Crippen LogP contribution < -0.4 is 5.32 Å². The zero-order valence-corrected chi connectivity index (χ0v) is 7.59. The molecule has 0 aliphatic rings. The molecule has 0 aliphatic heterocycles. The molecule has 0 fully saturated rings. The number of hydrogen-bond donors (Lipinski definition) is 1. The quantitative estimate of drug-likeness (QED) is 0.434. The van der Waals surface area contributed by atoms with E-state index in [1.807, 2.05) is 7.05 Å². The van der Waals surface area contributed by atoms with Gasteiger partial charge in [-0.2, -0.15) is 0 Å². The molecule has 0 unspecified atom stereocenters. The molecular formula is C7H18N2O2. The van der Waals surface area contributed by atoms with Gasteiger partial charge in [-0.25, -0.2) is 0 Å². The van der Waals surface area contributed by atoms with Crippen LogP contribution in [0.1, 0.15) is 12.8 Å². The van der Waals surface area contributed by atoms with E-state index < -0.39 is 0 Å². The molecule has 0 spiro atoms. The van der Waals surface area contributed by atoms with Crippen LogP contribution in [-0.4, -0.2) is 39.6 Å². The zero-order chi connectivity index (χ0) is 8.53. The normalized spacial score (nSPS) is 10.9. The van der Waals surface area contributed by atoms with Crippen molar-refractivity contribution in [2.75, 3.05) is 34.4 Å². The Morgan fingerprint density at radius 3 is 2.64 bits per heavy atom. The lowest BCUT2D eigenvalue weighted by atomic mass is 10.3. The fraction of sp³-hybridized carbons (Fsp3) is 1.00. The molecule has 0 amide bonds. The first kappa shape index (κ1) is 10.8. The van der Waals surface area contributed by atoms with E-state index in [1.165, 1.54) is 5.23 Å². The summed E-state index contributed by atoms with van der Waals surface area (Å²) in [5.41, 5.74) is 0. The summed E-state index contributed by atoms with van der Waals surface area (Å²) in [5.74, 6) is 0. The van der Waals surface area contributed by atoms with E-state index in [0.29, 0.717) is 6.61 Å². The van der Waals surface area contributed by atoms with Crippen LogP contribution in [0.5, 0.6) is 0 Å². The summed E-state index contributed by atoms with van der Waals surface area (Å²) in [6.07, 6.45) is 2.18. The number of rotatable bonds is 7. The van der Waals surface area contributed by atoms with Crippen LogP contribution in [0, 0.1) is 0 Å². The van der Waals surface area contributed by atoms with Crippen LogP contribution >= 0.6 is 0 Å². The number of nitrogens with one attached hydrogen (secondary N) is 1. The van der Waals surface area contributed by atoms with Gasteiger partial charge in [-0.3, -0.25) is 9.68 Å². The largest absolute Gasteiger partial charge is 0.320 e. The van der Waals surface area contributed by atoms with Crippen molar-refractivity contribution in [3.05, 3.63) is 0 Å². The molecule has 4 nitrogen and oxygen atoms in total. The highest BCUT2D eigenvalue weighted by Crippen LogP contribution is 1.91. The summed E-state index contributed by atoms with van der Waals surface area (Å²) in [5, 5.41) is 4.43. The fourth-order valence-electron chi connectivity index (χ4n) is 0.650. The van der Waals surface area contributed by atoms with Crippen LogP contribution in [0.25, 0.3) is 0 Å². The van der Waals surface area contributed by atoms with Crippen molar-refractivity contribution in [1.29, 1.82) is 0 Å². The number of hydrogen-bond acceptors (Lipinski definition) is 4. The van der Waals surface area contributed by atoms with Gasteiger partial charge in [0.25, 0.3) is 0 Å². The standard InChI is InChI=1S/C7H18N2O2/c1-8-6-4-5-7-11-9(2)10-3/h8H,4-7H2,1-3H3. The van der Waals surface area contributed by atoms with Crippen LogP contribution in [0.3, 0.4) is 0 Å². The van der Waals surface area contributed by atoms with E-state index in [9.17, 15) is 0 Å². The Labute approximate surface area is 68.4 Å². The third-order valence-corrected chi connectivity index (χ3v) is 1.35. The molecule has 0 atom stereocenters.